The van der Waals surface area contributed by atoms with Crippen molar-refractivity contribution in [1.82, 2.24) is 5.32 Å². The van der Waals surface area contributed by atoms with Gasteiger partial charge < -0.3 is 10.1 Å². The maximum absolute atomic E-state index is 12.9. The number of amides is 1. The van der Waals surface area contributed by atoms with Crippen LogP contribution in [0.3, 0.4) is 0 Å². The number of hydrogen-bond acceptors (Lipinski definition) is 2. The number of carbonyl (C=O) groups is 1. The van der Waals surface area contributed by atoms with E-state index in [0.29, 0.717) is 17.2 Å². The molecule has 0 saturated heterocycles. The van der Waals surface area contributed by atoms with Crippen LogP contribution in [0.4, 0.5) is 0 Å². The summed E-state index contributed by atoms with van der Waals surface area (Å²) in [6.45, 7) is 6.00. The van der Waals surface area contributed by atoms with Crippen LogP contribution in [0.25, 0.3) is 0 Å². The Morgan fingerprint density at radius 3 is 2.50 bits per heavy atom. The molecule has 0 saturated carbocycles. The Kier molecular flexibility index (Phi) is 7.01. The standard InChI is InChI=1S/C24H30ClNO2/c1-4-22(19-11-10-17-8-6-7-9-18(17)15-19)26-24(27)23(5-2)28-20-12-13-21(25)16(3)14-20/h10-15,22-23H,4-9H2,1-3H3,(H,26,27)/t22-,23-/m0/s1. The average Bonchev–Trinajstić information content (AvgIpc) is 2.72. The fraction of sp³-hybridized carbons (Fsp3) is 0.458. The third kappa shape index (κ3) is 4.88. The molecule has 1 aliphatic rings. The van der Waals surface area contributed by atoms with E-state index in [9.17, 15) is 4.79 Å². The van der Waals surface area contributed by atoms with Crippen molar-refractivity contribution in [3.05, 3.63) is 63.7 Å². The molecule has 0 aromatic heterocycles. The monoisotopic (exact) mass is 399 g/mol. The second-order valence-electron chi connectivity index (χ2n) is 7.63. The predicted molar refractivity (Wildman–Crippen MR) is 115 cm³/mol. The lowest BCUT2D eigenvalue weighted by molar-refractivity contribution is -0.128. The van der Waals surface area contributed by atoms with E-state index in [-0.39, 0.29) is 11.9 Å². The van der Waals surface area contributed by atoms with Gasteiger partial charge in [0.15, 0.2) is 6.10 Å². The summed E-state index contributed by atoms with van der Waals surface area (Å²) in [6, 6.07) is 12.2. The van der Waals surface area contributed by atoms with Crippen LogP contribution in [0.1, 0.15) is 67.8 Å². The van der Waals surface area contributed by atoms with Crippen molar-refractivity contribution in [3.8, 4) is 5.75 Å². The first kappa shape index (κ1) is 20.7. The summed E-state index contributed by atoms with van der Waals surface area (Å²) in [7, 11) is 0. The lowest BCUT2D eigenvalue weighted by Crippen LogP contribution is -2.40. The Hall–Kier alpha value is -2.00. The van der Waals surface area contributed by atoms with E-state index in [1.165, 1.54) is 36.0 Å². The molecular formula is C24H30ClNO2. The molecule has 1 aliphatic carbocycles. The summed E-state index contributed by atoms with van der Waals surface area (Å²) in [6.07, 6.45) is 5.78. The van der Waals surface area contributed by atoms with Crippen LogP contribution in [-0.2, 0) is 17.6 Å². The van der Waals surface area contributed by atoms with Gasteiger partial charge in [-0.2, -0.15) is 0 Å². The molecule has 3 rings (SSSR count). The van der Waals surface area contributed by atoms with E-state index < -0.39 is 6.10 Å². The molecule has 1 N–H and O–H groups in total. The van der Waals surface area contributed by atoms with Gasteiger partial charge in [0.25, 0.3) is 5.91 Å². The van der Waals surface area contributed by atoms with Gasteiger partial charge in [-0.3, -0.25) is 4.79 Å². The summed E-state index contributed by atoms with van der Waals surface area (Å²) < 4.78 is 5.96. The molecule has 0 spiro atoms. The number of fused-ring (bicyclic) bond motifs is 1. The van der Waals surface area contributed by atoms with Crippen LogP contribution in [0.15, 0.2) is 36.4 Å². The third-order valence-corrected chi connectivity index (χ3v) is 5.99. The molecular weight excluding hydrogens is 370 g/mol. The first-order chi connectivity index (χ1) is 13.5. The fourth-order valence-electron chi connectivity index (χ4n) is 3.83. The minimum atomic E-state index is -0.521. The molecule has 3 nitrogen and oxygen atoms in total. The Bertz CT molecular complexity index is 833. The Balaban J connectivity index is 1.70. The van der Waals surface area contributed by atoms with Crippen LogP contribution in [0, 0.1) is 6.92 Å². The molecule has 150 valence electrons. The zero-order chi connectivity index (χ0) is 20.1. The molecule has 0 aliphatic heterocycles. The van der Waals surface area contributed by atoms with Gasteiger partial charge in [-0.05, 0) is 85.9 Å². The number of nitrogens with one attached hydrogen (secondary N) is 1. The second kappa shape index (κ2) is 9.47. The quantitative estimate of drug-likeness (QED) is 0.624. The highest BCUT2D eigenvalue weighted by Gasteiger charge is 2.23. The predicted octanol–water partition coefficient (Wildman–Crippen LogP) is 5.95. The van der Waals surface area contributed by atoms with Crippen molar-refractivity contribution in [2.45, 2.75) is 71.4 Å². The highest BCUT2D eigenvalue weighted by molar-refractivity contribution is 6.31. The van der Waals surface area contributed by atoms with E-state index >= 15 is 0 Å². The number of halogens is 1. The molecule has 4 heteroatoms. The van der Waals surface area contributed by atoms with Crippen LogP contribution in [0.5, 0.6) is 5.75 Å². The first-order valence-corrected chi connectivity index (χ1v) is 10.7. The fourth-order valence-corrected chi connectivity index (χ4v) is 3.95. The van der Waals surface area contributed by atoms with Crippen LogP contribution >= 0.6 is 11.6 Å². The van der Waals surface area contributed by atoms with E-state index in [0.717, 1.165) is 18.4 Å². The van der Waals surface area contributed by atoms with E-state index in [2.05, 4.69) is 30.4 Å². The molecule has 1 amide bonds. The Morgan fingerprint density at radius 2 is 1.82 bits per heavy atom. The molecule has 2 aromatic carbocycles. The number of hydrogen-bond donors (Lipinski definition) is 1. The van der Waals surface area contributed by atoms with Gasteiger partial charge >= 0.3 is 0 Å². The molecule has 0 unspecified atom stereocenters. The normalized spacial score (nSPS) is 15.4. The Morgan fingerprint density at radius 1 is 1.07 bits per heavy atom. The number of ether oxygens (including phenoxy) is 1. The van der Waals surface area contributed by atoms with Crippen LogP contribution < -0.4 is 10.1 Å². The van der Waals surface area contributed by atoms with Crippen LogP contribution in [-0.4, -0.2) is 12.0 Å². The zero-order valence-corrected chi connectivity index (χ0v) is 17.8. The summed E-state index contributed by atoms with van der Waals surface area (Å²) in [5, 5.41) is 3.89. The first-order valence-electron chi connectivity index (χ1n) is 10.4. The topological polar surface area (TPSA) is 38.3 Å². The third-order valence-electron chi connectivity index (χ3n) is 5.57. The Labute approximate surface area is 173 Å². The highest BCUT2D eigenvalue weighted by atomic mass is 35.5. The molecule has 2 atom stereocenters. The molecule has 28 heavy (non-hydrogen) atoms. The summed E-state index contributed by atoms with van der Waals surface area (Å²) >= 11 is 6.08. The second-order valence-corrected chi connectivity index (χ2v) is 8.04. The van der Waals surface area contributed by atoms with Gasteiger partial charge in [0, 0.05) is 5.02 Å². The van der Waals surface area contributed by atoms with E-state index in [4.69, 9.17) is 16.3 Å². The molecule has 0 fully saturated rings. The van der Waals surface area contributed by atoms with Crippen molar-refractivity contribution < 1.29 is 9.53 Å². The maximum atomic E-state index is 12.9. The van der Waals surface area contributed by atoms with Crippen molar-refractivity contribution >= 4 is 17.5 Å². The summed E-state index contributed by atoms with van der Waals surface area (Å²) in [4.78, 5) is 12.9. The minimum absolute atomic E-state index is 0.00401. The van der Waals surface area contributed by atoms with Crippen molar-refractivity contribution in [1.29, 1.82) is 0 Å². The van der Waals surface area contributed by atoms with Gasteiger partial charge in [0.2, 0.25) is 0 Å². The molecule has 2 aromatic rings. The van der Waals surface area contributed by atoms with Crippen molar-refractivity contribution in [3.63, 3.8) is 0 Å². The summed E-state index contributed by atoms with van der Waals surface area (Å²) in [5.74, 6) is 0.602. The van der Waals surface area contributed by atoms with E-state index in [1.54, 1.807) is 6.07 Å². The van der Waals surface area contributed by atoms with Crippen molar-refractivity contribution in [2.24, 2.45) is 0 Å². The van der Waals surface area contributed by atoms with Gasteiger partial charge in [0.1, 0.15) is 5.75 Å². The zero-order valence-electron chi connectivity index (χ0n) is 17.1. The maximum Gasteiger partial charge on any atom is 0.261 e. The van der Waals surface area contributed by atoms with Crippen LogP contribution in [0.2, 0.25) is 5.02 Å². The van der Waals surface area contributed by atoms with Gasteiger partial charge in [0.05, 0.1) is 6.04 Å². The average molecular weight is 400 g/mol. The SMILES string of the molecule is CC[C@H](Oc1ccc(Cl)c(C)c1)C(=O)N[C@@H](CC)c1ccc2c(c1)CCCC2. The smallest absolute Gasteiger partial charge is 0.261 e. The molecule has 0 bridgehead atoms. The lowest BCUT2D eigenvalue weighted by Gasteiger charge is -2.24. The van der Waals surface area contributed by atoms with Crippen molar-refractivity contribution in [2.75, 3.05) is 0 Å². The van der Waals surface area contributed by atoms with Gasteiger partial charge in [-0.25, -0.2) is 0 Å². The highest BCUT2D eigenvalue weighted by Crippen LogP contribution is 2.27. The summed E-state index contributed by atoms with van der Waals surface area (Å²) in [5.41, 5.74) is 5.03. The number of aryl methyl sites for hydroxylation is 3. The lowest BCUT2D eigenvalue weighted by atomic mass is 9.88. The molecule has 0 radical (unpaired) electrons. The largest absolute Gasteiger partial charge is 0.481 e. The number of carbonyl (C=O) groups excluding carboxylic acids is 1. The molecule has 0 heterocycles. The number of rotatable bonds is 7. The number of benzene rings is 2. The van der Waals surface area contributed by atoms with Gasteiger partial charge in [-0.1, -0.05) is 43.6 Å². The minimum Gasteiger partial charge on any atom is -0.481 e. The van der Waals surface area contributed by atoms with Gasteiger partial charge in [-0.15, -0.1) is 0 Å². The van der Waals surface area contributed by atoms with E-state index in [1.807, 2.05) is 26.0 Å².